The second-order valence-corrected chi connectivity index (χ2v) is 7.43. The Morgan fingerprint density at radius 2 is 1.89 bits per heavy atom. The van der Waals surface area contributed by atoms with Gasteiger partial charge in [-0.25, -0.2) is 8.42 Å². The fourth-order valence-corrected chi connectivity index (χ4v) is 4.16. The third kappa shape index (κ3) is 3.78. The highest BCUT2D eigenvalue weighted by Gasteiger charge is 2.29. The molecule has 0 fully saturated rings. The van der Waals surface area contributed by atoms with E-state index in [1.54, 1.807) is 45.0 Å². The molecule has 0 atom stereocenters. The molecule has 0 spiro atoms. The van der Waals surface area contributed by atoms with Gasteiger partial charge in [0.15, 0.2) is 0 Å². The summed E-state index contributed by atoms with van der Waals surface area (Å²) in [5, 5.41) is 9.78. The average molecular weight is 336 g/mol. The van der Waals surface area contributed by atoms with E-state index in [4.69, 9.17) is 0 Å². The predicted molar refractivity (Wildman–Crippen MR) is 74.9 cm³/mol. The molecule has 0 radical (unpaired) electrons. The van der Waals surface area contributed by atoms with E-state index < -0.39 is 15.6 Å². The monoisotopic (exact) mass is 335 g/mol. The fraction of sp³-hybridized carbons (Fsp3) is 0.500. The summed E-state index contributed by atoms with van der Waals surface area (Å²) in [5.74, 6) is 0. The van der Waals surface area contributed by atoms with Crippen LogP contribution >= 0.6 is 15.9 Å². The summed E-state index contributed by atoms with van der Waals surface area (Å²) in [7, 11) is -3.59. The summed E-state index contributed by atoms with van der Waals surface area (Å²) in [6.07, 6.45) is 0. The summed E-state index contributed by atoms with van der Waals surface area (Å²) in [5.41, 5.74) is -1.07. The van der Waals surface area contributed by atoms with E-state index in [1.807, 2.05) is 0 Å². The van der Waals surface area contributed by atoms with Crippen LogP contribution in [0, 0.1) is 0 Å². The lowest BCUT2D eigenvalue weighted by Gasteiger charge is -2.27. The van der Waals surface area contributed by atoms with Crippen molar-refractivity contribution < 1.29 is 13.5 Å². The van der Waals surface area contributed by atoms with E-state index in [9.17, 15) is 13.5 Å². The van der Waals surface area contributed by atoms with Crippen LogP contribution in [0.4, 0.5) is 0 Å². The first-order valence-corrected chi connectivity index (χ1v) is 7.89. The smallest absolute Gasteiger partial charge is 0.244 e. The van der Waals surface area contributed by atoms with Gasteiger partial charge in [0.1, 0.15) is 0 Å². The molecule has 1 rings (SSSR count). The molecule has 0 aliphatic heterocycles. The van der Waals surface area contributed by atoms with Gasteiger partial charge in [-0.15, -0.1) is 0 Å². The first kappa shape index (κ1) is 15.6. The van der Waals surface area contributed by atoms with E-state index in [0.29, 0.717) is 11.0 Å². The van der Waals surface area contributed by atoms with Crippen LogP contribution in [0.15, 0.2) is 33.6 Å². The Balaban J connectivity index is 3.16. The number of nitrogens with zero attached hydrogens (tertiary/aromatic N) is 1. The van der Waals surface area contributed by atoms with E-state index in [-0.39, 0.29) is 11.4 Å². The maximum absolute atomic E-state index is 12.4. The number of sulfonamides is 1. The van der Waals surface area contributed by atoms with Gasteiger partial charge < -0.3 is 5.11 Å². The summed E-state index contributed by atoms with van der Waals surface area (Å²) in [4.78, 5) is 0.219. The molecule has 0 aliphatic rings. The van der Waals surface area contributed by atoms with Gasteiger partial charge in [-0.3, -0.25) is 0 Å². The third-order valence-corrected chi connectivity index (χ3v) is 5.30. The highest BCUT2D eigenvalue weighted by molar-refractivity contribution is 9.10. The van der Waals surface area contributed by atoms with E-state index in [1.165, 1.54) is 4.31 Å². The molecule has 0 aromatic heterocycles. The second kappa shape index (κ2) is 5.69. The molecule has 0 saturated carbocycles. The quantitative estimate of drug-likeness (QED) is 0.897. The summed E-state index contributed by atoms with van der Waals surface area (Å²) in [6, 6.07) is 6.67. The van der Waals surface area contributed by atoms with Crippen LogP contribution < -0.4 is 0 Å². The van der Waals surface area contributed by atoms with Crippen LogP contribution in [0.1, 0.15) is 20.8 Å². The standard InChI is InChI=1S/C12H18BrNO3S/c1-4-14(9-12(2,3)15)18(16,17)11-8-6-5-7-10(11)13/h5-8,15H,4,9H2,1-3H3. The highest BCUT2D eigenvalue weighted by atomic mass is 79.9. The molecule has 18 heavy (non-hydrogen) atoms. The van der Waals surface area contributed by atoms with Gasteiger partial charge in [-0.2, -0.15) is 4.31 Å². The number of halogens is 1. The number of aliphatic hydroxyl groups is 1. The molecule has 0 aliphatic carbocycles. The Hall–Kier alpha value is -0.430. The minimum absolute atomic E-state index is 0.0627. The number of benzene rings is 1. The first-order chi connectivity index (χ1) is 8.18. The molecular formula is C12H18BrNO3S. The zero-order valence-electron chi connectivity index (χ0n) is 10.7. The molecule has 102 valence electrons. The maximum atomic E-state index is 12.4. The van der Waals surface area contributed by atoms with Crippen molar-refractivity contribution in [1.82, 2.24) is 4.31 Å². The van der Waals surface area contributed by atoms with Crippen molar-refractivity contribution in [2.24, 2.45) is 0 Å². The van der Waals surface area contributed by atoms with Crippen molar-refractivity contribution >= 4 is 26.0 Å². The SMILES string of the molecule is CCN(CC(C)(C)O)S(=O)(=O)c1ccccc1Br. The molecule has 4 nitrogen and oxygen atoms in total. The summed E-state index contributed by atoms with van der Waals surface area (Å²) >= 11 is 3.24. The zero-order chi connectivity index (χ0) is 14.0. The minimum atomic E-state index is -3.59. The van der Waals surface area contributed by atoms with Crippen LogP contribution in [-0.2, 0) is 10.0 Å². The Morgan fingerprint density at radius 1 is 1.33 bits per heavy atom. The van der Waals surface area contributed by atoms with Crippen LogP contribution in [-0.4, -0.2) is 36.5 Å². The second-order valence-electron chi connectivity index (χ2n) is 4.67. The lowest BCUT2D eigenvalue weighted by Crippen LogP contribution is -2.42. The minimum Gasteiger partial charge on any atom is -0.389 e. The van der Waals surface area contributed by atoms with Crippen LogP contribution in [0.3, 0.4) is 0 Å². The van der Waals surface area contributed by atoms with Crippen molar-refractivity contribution in [3.05, 3.63) is 28.7 Å². The molecule has 0 heterocycles. The van der Waals surface area contributed by atoms with Gasteiger partial charge in [0.05, 0.1) is 10.5 Å². The molecule has 6 heteroatoms. The maximum Gasteiger partial charge on any atom is 0.244 e. The van der Waals surface area contributed by atoms with Gasteiger partial charge in [0.25, 0.3) is 0 Å². The molecule has 0 bridgehead atoms. The van der Waals surface area contributed by atoms with Gasteiger partial charge in [0.2, 0.25) is 10.0 Å². The number of likely N-dealkylation sites (N-methyl/N-ethyl adjacent to an activating group) is 1. The molecule has 0 unspecified atom stereocenters. The third-order valence-electron chi connectivity index (χ3n) is 2.37. The molecular weight excluding hydrogens is 318 g/mol. The van der Waals surface area contributed by atoms with Crippen molar-refractivity contribution in [2.75, 3.05) is 13.1 Å². The summed E-state index contributed by atoms with van der Waals surface area (Å²) in [6.45, 7) is 5.30. The van der Waals surface area contributed by atoms with Crippen LogP contribution in [0.5, 0.6) is 0 Å². The zero-order valence-corrected chi connectivity index (χ0v) is 13.1. The molecule has 1 aromatic carbocycles. The first-order valence-electron chi connectivity index (χ1n) is 5.65. The Kier molecular flexibility index (Phi) is 4.94. The number of rotatable bonds is 5. The highest BCUT2D eigenvalue weighted by Crippen LogP contribution is 2.25. The predicted octanol–water partition coefficient (Wildman–Crippen LogP) is 2.23. The van der Waals surface area contributed by atoms with E-state index in [0.717, 1.165) is 0 Å². The lowest BCUT2D eigenvalue weighted by atomic mass is 10.1. The molecule has 1 aromatic rings. The van der Waals surface area contributed by atoms with Crippen LogP contribution in [0.25, 0.3) is 0 Å². The van der Waals surface area contributed by atoms with E-state index >= 15 is 0 Å². The number of hydrogen-bond acceptors (Lipinski definition) is 3. The van der Waals surface area contributed by atoms with Crippen molar-refractivity contribution in [2.45, 2.75) is 31.3 Å². The van der Waals surface area contributed by atoms with Crippen LogP contribution in [0.2, 0.25) is 0 Å². The van der Waals surface area contributed by atoms with Crippen molar-refractivity contribution in [1.29, 1.82) is 0 Å². The Bertz CT molecular complexity index is 508. The number of hydrogen-bond donors (Lipinski definition) is 1. The van der Waals surface area contributed by atoms with E-state index in [2.05, 4.69) is 15.9 Å². The largest absolute Gasteiger partial charge is 0.389 e. The fourth-order valence-electron chi connectivity index (χ4n) is 1.59. The molecule has 0 amide bonds. The van der Waals surface area contributed by atoms with Gasteiger partial charge in [-0.05, 0) is 41.9 Å². The summed E-state index contributed by atoms with van der Waals surface area (Å²) < 4.78 is 26.7. The topological polar surface area (TPSA) is 57.6 Å². The Morgan fingerprint density at radius 3 is 2.33 bits per heavy atom. The molecule has 1 N–H and O–H groups in total. The Labute approximate surface area is 117 Å². The molecule has 0 saturated heterocycles. The average Bonchev–Trinajstić information content (AvgIpc) is 2.24. The van der Waals surface area contributed by atoms with Crippen molar-refractivity contribution in [3.8, 4) is 0 Å². The normalized spacial score (nSPS) is 13.0. The van der Waals surface area contributed by atoms with Gasteiger partial charge in [-0.1, -0.05) is 19.1 Å². The van der Waals surface area contributed by atoms with Gasteiger partial charge >= 0.3 is 0 Å². The lowest BCUT2D eigenvalue weighted by molar-refractivity contribution is 0.0601. The van der Waals surface area contributed by atoms with Crippen molar-refractivity contribution in [3.63, 3.8) is 0 Å². The van der Waals surface area contributed by atoms with Gasteiger partial charge in [0, 0.05) is 17.6 Å².